The van der Waals surface area contributed by atoms with Crippen LogP contribution in [-0.4, -0.2) is 35.4 Å². The molecule has 4 aromatic heterocycles. The third-order valence-electron chi connectivity index (χ3n) is 4.40. The minimum Gasteiger partial charge on any atom is -0.368 e. The number of imidazole rings is 2. The number of rotatable bonds is 5. The van der Waals surface area contributed by atoms with Crippen LogP contribution in [-0.2, 0) is 6.42 Å². The summed E-state index contributed by atoms with van der Waals surface area (Å²) in [5, 5.41) is 3.40. The molecule has 25 heavy (non-hydrogen) atoms. The molecule has 0 spiro atoms. The van der Waals surface area contributed by atoms with Gasteiger partial charge in [-0.25, -0.2) is 19.9 Å². The lowest BCUT2D eigenvalue weighted by molar-refractivity contribution is 0.612. The van der Waals surface area contributed by atoms with E-state index >= 15 is 0 Å². The van der Waals surface area contributed by atoms with Crippen LogP contribution >= 0.6 is 0 Å². The van der Waals surface area contributed by atoms with Gasteiger partial charge in [0.25, 0.3) is 0 Å². The first kappa shape index (κ1) is 15.6. The number of hydrogen-bond donors (Lipinski definition) is 1. The third-order valence-corrected chi connectivity index (χ3v) is 4.40. The standard InChI is InChI=1S/C18H21N7/c1-12(2)25-11-22-16-17(20-10-21-18(16)25)19-8-7-14-13(3)23-15-6-4-5-9-24(14)15/h4-6,9-12H,7-8H2,1-3H3,(H,19,20,21). The molecular formula is C18H21N7. The van der Waals surface area contributed by atoms with Crippen molar-refractivity contribution in [1.82, 2.24) is 28.9 Å². The van der Waals surface area contributed by atoms with Crippen molar-refractivity contribution < 1.29 is 0 Å². The van der Waals surface area contributed by atoms with Crippen molar-refractivity contribution in [3.8, 4) is 0 Å². The molecule has 4 rings (SSSR count). The Bertz CT molecular complexity index is 1030. The second-order valence-corrected chi connectivity index (χ2v) is 6.39. The highest BCUT2D eigenvalue weighted by molar-refractivity contribution is 5.82. The van der Waals surface area contributed by atoms with Crippen LogP contribution in [0.3, 0.4) is 0 Å². The van der Waals surface area contributed by atoms with E-state index in [1.54, 1.807) is 6.33 Å². The second-order valence-electron chi connectivity index (χ2n) is 6.39. The second kappa shape index (κ2) is 6.16. The number of aromatic nitrogens is 6. The Morgan fingerprint density at radius 1 is 1.16 bits per heavy atom. The van der Waals surface area contributed by atoms with Crippen molar-refractivity contribution in [2.75, 3.05) is 11.9 Å². The summed E-state index contributed by atoms with van der Waals surface area (Å²) in [5.41, 5.74) is 4.92. The molecule has 1 N–H and O–H groups in total. The first-order chi connectivity index (χ1) is 12.1. The molecule has 0 atom stereocenters. The average molecular weight is 335 g/mol. The lowest BCUT2D eigenvalue weighted by Crippen LogP contribution is -2.09. The van der Waals surface area contributed by atoms with Gasteiger partial charge in [-0.05, 0) is 32.9 Å². The predicted molar refractivity (Wildman–Crippen MR) is 97.8 cm³/mol. The van der Waals surface area contributed by atoms with E-state index in [1.807, 2.05) is 24.5 Å². The fourth-order valence-corrected chi connectivity index (χ4v) is 3.12. The van der Waals surface area contributed by atoms with Crippen LogP contribution < -0.4 is 5.32 Å². The molecule has 128 valence electrons. The van der Waals surface area contributed by atoms with E-state index in [1.165, 1.54) is 5.69 Å². The largest absolute Gasteiger partial charge is 0.368 e. The number of nitrogens with one attached hydrogen (secondary N) is 1. The molecule has 0 unspecified atom stereocenters. The lowest BCUT2D eigenvalue weighted by atomic mass is 10.2. The van der Waals surface area contributed by atoms with Crippen LogP contribution in [0.2, 0.25) is 0 Å². The lowest BCUT2D eigenvalue weighted by Gasteiger charge is -2.09. The quantitative estimate of drug-likeness (QED) is 0.607. The van der Waals surface area contributed by atoms with Crippen molar-refractivity contribution >= 4 is 22.6 Å². The molecule has 4 heterocycles. The summed E-state index contributed by atoms with van der Waals surface area (Å²) in [5.74, 6) is 0.774. The van der Waals surface area contributed by atoms with E-state index in [2.05, 4.69) is 61.2 Å². The first-order valence-electron chi connectivity index (χ1n) is 8.49. The van der Waals surface area contributed by atoms with Crippen LogP contribution in [0.4, 0.5) is 5.82 Å². The van der Waals surface area contributed by atoms with Crippen molar-refractivity contribution in [3.05, 3.63) is 48.4 Å². The summed E-state index contributed by atoms with van der Waals surface area (Å²) in [6.07, 6.45) is 6.32. The topological polar surface area (TPSA) is 72.9 Å². The number of pyridine rings is 1. The minimum atomic E-state index is 0.313. The van der Waals surface area contributed by atoms with E-state index < -0.39 is 0 Å². The van der Waals surface area contributed by atoms with Gasteiger partial charge in [0.2, 0.25) is 0 Å². The molecule has 0 aliphatic rings. The molecule has 0 aliphatic heterocycles. The van der Waals surface area contributed by atoms with Gasteiger partial charge in [0.05, 0.1) is 12.0 Å². The molecule has 0 fully saturated rings. The first-order valence-corrected chi connectivity index (χ1v) is 8.49. The maximum Gasteiger partial charge on any atom is 0.165 e. The Morgan fingerprint density at radius 3 is 2.88 bits per heavy atom. The number of aryl methyl sites for hydroxylation is 1. The summed E-state index contributed by atoms with van der Waals surface area (Å²) in [6, 6.07) is 6.37. The van der Waals surface area contributed by atoms with Gasteiger partial charge in [-0.2, -0.15) is 0 Å². The summed E-state index contributed by atoms with van der Waals surface area (Å²) in [6.45, 7) is 7.04. The normalized spacial score (nSPS) is 11.7. The van der Waals surface area contributed by atoms with Gasteiger partial charge in [0.1, 0.15) is 17.5 Å². The van der Waals surface area contributed by atoms with Crippen LogP contribution in [0, 0.1) is 6.92 Å². The monoisotopic (exact) mass is 335 g/mol. The number of fused-ring (bicyclic) bond motifs is 2. The summed E-state index contributed by atoms with van der Waals surface area (Å²) >= 11 is 0. The Hall–Kier alpha value is -2.96. The van der Waals surface area contributed by atoms with Crippen molar-refractivity contribution in [3.63, 3.8) is 0 Å². The van der Waals surface area contributed by atoms with Crippen molar-refractivity contribution in [2.45, 2.75) is 33.2 Å². The third kappa shape index (κ3) is 2.71. The zero-order chi connectivity index (χ0) is 17.4. The van der Waals surface area contributed by atoms with E-state index in [0.717, 1.165) is 41.3 Å². The molecule has 4 aromatic rings. The van der Waals surface area contributed by atoms with Crippen LogP contribution in [0.25, 0.3) is 16.8 Å². The predicted octanol–water partition coefficient (Wildman–Crippen LogP) is 3.02. The summed E-state index contributed by atoms with van der Waals surface area (Å²) in [4.78, 5) is 17.8. The van der Waals surface area contributed by atoms with Gasteiger partial charge in [0.15, 0.2) is 11.5 Å². The van der Waals surface area contributed by atoms with E-state index in [0.29, 0.717) is 6.04 Å². The average Bonchev–Trinajstić information content (AvgIpc) is 3.17. The molecule has 0 radical (unpaired) electrons. The molecule has 0 saturated carbocycles. The molecule has 0 aromatic carbocycles. The summed E-state index contributed by atoms with van der Waals surface area (Å²) < 4.78 is 4.19. The summed E-state index contributed by atoms with van der Waals surface area (Å²) in [7, 11) is 0. The smallest absolute Gasteiger partial charge is 0.165 e. The number of nitrogens with zero attached hydrogens (tertiary/aromatic N) is 6. The highest BCUT2D eigenvalue weighted by Crippen LogP contribution is 2.20. The van der Waals surface area contributed by atoms with Crippen molar-refractivity contribution in [2.24, 2.45) is 0 Å². The maximum absolute atomic E-state index is 4.61. The molecule has 0 amide bonds. The molecule has 7 nitrogen and oxygen atoms in total. The fraction of sp³-hybridized carbons (Fsp3) is 0.333. The zero-order valence-electron chi connectivity index (χ0n) is 14.6. The van der Waals surface area contributed by atoms with Gasteiger partial charge in [0, 0.05) is 30.9 Å². The van der Waals surface area contributed by atoms with Crippen LogP contribution in [0.1, 0.15) is 31.3 Å². The van der Waals surface area contributed by atoms with E-state index in [4.69, 9.17) is 0 Å². The zero-order valence-corrected chi connectivity index (χ0v) is 14.6. The van der Waals surface area contributed by atoms with E-state index in [-0.39, 0.29) is 0 Å². The van der Waals surface area contributed by atoms with Gasteiger partial charge in [-0.3, -0.25) is 0 Å². The van der Waals surface area contributed by atoms with Crippen LogP contribution in [0.15, 0.2) is 37.1 Å². The Morgan fingerprint density at radius 2 is 2.04 bits per heavy atom. The SMILES string of the molecule is Cc1nc2ccccn2c1CCNc1ncnc2c1ncn2C(C)C. The van der Waals surface area contributed by atoms with Crippen molar-refractivity contribution in [1.29, 1.82) is 0 Å². The number of hydrogen-bond acceptors (Lipinski definition) is 5. The molecule has 0 aliphatic carbocycles. The molecular weight excluding hydrogens is 314 g/mol. The molecule has 7 heteroatoms. The maximum atomic E-state index is 4.61. The Balaban J connectivity index is 1.56. The van der Waals surface area contributed by atoms with Crippen LogP contribution in [0.5, 0.6) is 0 Å². The highest BCUT2D eigenvalue weighted by Gasteiger charge is 2.12. The van der Waals surface area contributed by atoms with Gasteiger partial charge < -0.3 is 14.3 Å². The fourth-order valence-electron chi connectivity index (χ4n) is 3.12. The Kier molecular flexibility index (Phi) is 3.83. The molecule has 0 saturated heterocycles. The van der Waals surface area contributed by atoms with Gasteiger partial charge in [-0.1, -0.05) is 6.07 Å². The van der Waals surface area contributed by atoms with Gasteiger partial charge >= 0.3 is 0 Å². The number of anilines is 1. The minimum absolute atomic E-state index is 0.313. The van der Waals surface area contributed by atoms with Gasteiger partial charge in [-0.15, -0.1) is 0 Å². The van der Waals surface area contributed by atoms with E-state index in [9.17, 15) is 0 Å². The molecule has 0 bridgehead atoms. The Labute approximate surface area is 145 Å². The highest BCUT2D eigenvalue weighted by atomic mass is 15.2.